The van der Waals surface area contributed by atoms with Gasteiger partial charge in [0.1, 0.15) is 5.69 Å². The van der Waals surface area contributed by atoms with Crippen molar-refractivity contribution < 1.29 is 4.79 Å². The first-order valence-corrected chi connectivity index (χ1v) is 8.23. The molecule has 0 saturated carbocycles. The second-order valence-electron chi connectivity index (χ2n) is 5.64. The Morgan fingerprint density at radius 2 is 2.29 bits per heavy atom. The number of nitrogens with zero attached hydrogens (tertiary/aromatic N) is 4. The fourth-order valence-electron chi connectivity index (χ4n) is 2.85. The Morgan fingerprint density at radius 1 is 1.43 bits per heavy atom. The topological polar surface area (TPSA) is 51.0 Å². The van der Waals surface area contributed by atoms with Crippen LogP contribution in [0.1, 0.15) is 40.3 Å². The molecule has 0 unspecified atom stereocenters. The molecule has 0 aliphatic carbocycles. The number of rotatable bonds is 3. The van der Waals surface area contributed by atoms with Gasteiger partial charge in [0.15, 0.2) is 0 Å². The monoisotopic (exact) mass is 304 g/mol. The minimum atomic E-state index is 0.0629. The third-order valence-electron chi connectivity index (χ3n) is 3.89. The zero-order chi connectivity index (χ0) is 14.8. The molecule has 1 aliphatic rings. The third-order valence-corrected chi connectivity index (χ3v) is 4.66. The summed E-state index contributed by atoms with van der Waals surface area (Å²) < 4.78 is 1.94. The zero-order valence-electron chi connectivity index (χ0n) is 12.5. The van der Waals surface area contributed by atoms with Gasteiger partial charge in [0.05, 0.1) is 23.8 Å². The molecule has 2 aromatic rings. The fourth-order valence-corrected chi connectivity index (χ4v) is 3.44. The molecular weight excluding hydrogens is 284 g/mol. The second kappa shape index (κ2) is 5.97. The van der Waals surface area contributed by atoms with Crippen LogP contribution in [0.4, 0.5) is 0 Å². The first-order valence-electron chi connectivity index (χ1n) is 7.35. The first-order chi connectivity index (χ1) is 10.1. The Balaban J connectivity index is 1.76. The van der Waals surface area contributed by atoms with Gasteiger partial charge in [0.2, 0.25) is 0 Å². The molecule has 5 nitrogen and oxygen atoms in total. The van der Waals surface area contributed by atoms with E-state index in [4.69, 9.17) is 0 Å². The molecule has 0 radical (unpaired) electrons. The quantitative estimate of drug-likeness (QED) is 0.876. The largest absolute Gasteiger partial charge is 0.332 e. The molecule has 0 N–H and O–H groups in total. The van der Waals surface area contributed by atoms with Crippen molar-refractivity contribution in [2.24, 2.45) is 0 Å². The van der Waals surface area contributed by atoms with Crippen molar-refractivity contribution in [3.63, 3.8) is 0 Å². The molecule has 0 aromatic carbocycles. The number of thiazole rings is 1. The Morgan fingerprint density at radius 3 is 2.95 bits per heavy atom. The van der Waals surface area contributed by atoms with Gasteiger partial charge in [-0.15, -0.1) is 11.3 Å². The van der Waals surface area contributed by atoms with Crippen molar-refractivity contribution in [2.45, 2.75) is 45.7 Å². The maximum atomic E-state index is 12.7. The van der Waals surface area contributed by atoms with Crippen LogP contribution in [0.3, 0.4) is 0 Å². The highest BCUT2D eigenvalue weighted by Gasteiger charge is 2.29. The third kappa shape index (κ3) is 3.15. The summed E-state index contributed by atoms with van der Waals surface area (Å²) in [5, 5.41) is 7.15. The number of piperidine rings is 1. The number of carbonyl (C=O) groups is 1. The summed E-state index contributed by atoms with van der Waals surface area (Å²) in [6.07, 6.45) is 7.17. The molecule has 1 saturated heterocycles. The molecule has 1 aliphatic heterocycles. The highest BCUT2D eigenvalue weighted by Crippen LogP contribution is 2.21. The van der Waals surface area contributed by atoms with Gasteiger partial charge in [-0.3, -0.25) is 9.48 Å². The highest BCUT2D eigenvalue weighted by molar-refractivity contribution is 7.09. The average Bonchev–Trinajstić information content (AvgIpc) is 3.08. The second-order valence-corrected chi connectivity index (χ2v) is 6.70. The Labute approximate surface area is 128 Å². The lowest BCUT2D eigenvalue weighted by atomic mass is 10.0. The number of aromatic nitrogens is 3. The maximum absolute atomic E-state index is 12.7. The van der Waals surface area contributed by atoms with Crippen LogP contribution in [0.5, 0.6) is 0 Å². The van der Waals surface area contributed by atoms with E-state index in [0.29, 0.717) is 5.69 Å². The molecule has 1 amide bonds. The lowest BCUT2D eigenvalue weighted by Crippen LogP contribution is -2.46. The predicted octanol–water partition coefficient (Wildman–Crippen LogP) is 2.65. The van der Waals surface area contributed by atoms with E-state index >= 15 is 0 Å². The molecule has 1 fully saturated rings. The van der Waals surface area contributed by atoms with E-state index in [-0.39, 0.29) is 11.9 Å². The molecule has 0 spiro atoms. The van der Waals surface area contributed by atoms with Gasteiger partial charge >= 0.3 is 0 Å². The Kier molecular flexibility index (Phi) is 4.05. The fraction of sp³-hybridized carbons (Fsp3) is 0.533. The highest BCUT2D eigenvalue weighted by atomic mass is 32.1. The van der Waals surface area contributed by atoms with Crippen molar-refractivity contribution in [2.75, 3.05) is 6.54 Å². The lowest BCUT2D eigenvalue weighted by molar-refractivity contribution is 0.0578. The van der Waals surface area contributed by atoms with Gasteiger partial charge in [-0.2, -0.15) is 5.10 Å². The molecule has 1 atom stereocenters. The van der Waals surface area contributed by atoms with Crippen molar-refractivity contribution in [1.29, 1.82) is 0 Å². The van der Waals surface area contributed by atoms with Crippen molar-refractivity contribution in [1.82, 2.24) is 19.7 Å². The van der Waals surface area contributed by atoms with Gasteiger partial charge < -0.3 is 4.90 Å². The molecular formula is C15H20N4OS. The Hall–Kier alpha value is -1.69. The van der Waals surface area contributed by atoms with Crippen LogP contribution in [0, 0.1) is 13.8 Å². The number of aryl methyl sites for hydroxylation is 2. The lowest BCUT2D eigenvalue weighted by Gasteiger charge is -2.35. The van der Waals surface area contributed by atoms with Gasteiger partial charge in [-0.25, -0.2) is 4.98 Å². The van der Waals surface area contributed by atoms with Crippen LogP contribution in [0.2, 0.25) is 0 Å². The van der Waals surface area contributed by atoms with Crippen LogP contribution in [0.15, 0.2) is 17.8 Å². The molecule has 6 heteroatoms. The Bertz CT molecular complexity index is 633. The molecule has 3 rings (SSSR count). The smallest absolute Gasteiger partial charge is 0.273 e. The van der Waals surface area contributed by atoms with Gasteiger partial charge in [-0.05, 0) is 38.7 Å². The summed E-state index contributed by atoms with van der Waals surface area (Å²) in [5.41, 5.74) is 1.74. The van der Waals surface area contributed by atoms with E-state index < -0.39 is 0 Å². The van der Waals surface area contributed by atoms with E-state index in [1.54, 1.807) is 0 Å². The van der Waals surface area contributed by atoms with E-state index in [1.807, 2.05) is 41.2 Å². The van der Waals surface area contributed by atoms with E-state index in [9.17, 15) is 4.79 Å². The van der Waals surface area contributed by atoms with Crippen LogP contribution in [-0.2, 0) is 6.54 Å². The van der Waals surface area contributed by atoms with Crippen LogP contribution in [0.25, 0.3) is 0 Å². The summed E-state index contributed by atoms with van der Waals surface area (Å²) in [4.78, 5) is 19.0. The average molecular weight is 304 g/mol. The maximum Gasteiger partial charge on any atom is 0.273 e. The van der Waals surface area contributed by atoms with E-state index in [2.05, 4.69) is 10.1 Å². The van der Waals surface area contributed by atoms with Crippen molar-refractivity contribution in [3.05, 3.63) is 34.0 Å². The first kappa shape index (κ1) is 14.3. The molecule has 112 valence electrons. The molecule has 21 heavy (non-hydrogen) atoms. The number of hydrogen-bond donors (Lipinski definition) is 0. The van der Waals surface area contributed by atoms with Crippen LogP contribution >= 0.6 is 11.3 Å². The van der Waals surface area contributed by atoms with E-state index in [0.717, 1.165) is 36.5 Å². The number of likely N-dealkylation sites (tertiary alicyclic amines) is 1. The van der Waals surface area contributed by atoms with Crippen LogP contribution < -0.4 is 0 Å². The molecule has 2 aromatic heterocycles. The van der Waals surface area contributed by atoms with Crippen molar-refractivity contribution in [3.8, 4) is 0 Å². The summed E-state index contributed by atoms with van der Waals surface area (Å²) in [6, 6.07) is 0.215. The number of amides is 1. The van der Waals surface area contributed by atoms with Crippen LogP contribution in [-0.4, -0.2) is 38.2 Å². The SMILES string of the molecule is Cc1cnn(C[C@@H]2CCCCN2C(=O)c2csc(C)n2)c1. The minimum Gasteiger partial charge on any atom is -0.332 e. The molecule has 0 bridgehead atoms. The standard InChI is InChI=1S/C15H20N4OS/c1-11-7-16-18(8-11)9-13-5-3-4-6-19(13)15(20)14-10-21-12(2)17-14/h7-8,10,13H,3-6,9H2,1-2H3/t13-/m0/s1. The minimum absolute atomic E-state index is 0.0629. The summed E-state index contributed by atoms with van der Waals surface area (Å²) >= 11 is 1.53. The summed E-state index contributed by atoms with van der Waals surface area (Å²) in [7, 11) is 0. The van der Waals surface area contributed by atoms with E-state index in [1.165, 1.54) is 17.8 Å². The zero-order valence-corrected chi connectivity index (χ0v) is 13.3. The number of hydrogen-bond acceptors (Lipinski definition) is 4. The van der Waals surface area contributed by atoms with Gasteiger partial charge in [0, 0.05) is 18.1 Å². The number of carbonyl (C=O) groups excluding carboxylic acids is 1. The van der Waals surface area contributed by atoms with Crippen molar-refractivity contribution >= 4 is 17.2 Å². The predicted molar refractivity (Wildman–Crippen MR) is 82.5 cm³/mol. The normalized spacial score (nSPS) is 19.0. The molecule has 3 heterocycles. The van der Waals surface area contributed by atoms with Gasteiger partial charge in [0.25, 0.3) is 5.91 Å². The summed E-state index contributed by atoms with van der Waals surface area (Å²) in [5.74, 6) is 0.0629. The van der Waals surface area contributed by atoms with Gasteiger partial charge in [-0.1, -0.05) is 0 Å². The summed E-state index contributed by atoms with van der Waals surface area (Å²) in [6.45, 7) is 5.55.